The van der Waals surface area contributed by atoms with Gasteiger partial charge in [-0.3, -0.25) is 4.79 Å². The molecule has 5 rings (SSSR count). The summed E-state index contributed by atoms with van der Waals surface area (Å²) < 4.78 is 73.9. The van der Waals surface area contributed by atoms with E-state index in [9.17, 15) is 26.4 Å². The molecule has 1 saturated carbocycles. The number of nitrogens with zero attached hydrogens (tertiary/aromatic N) is 3. The molecule has 0 spiro atoms. The number of alkyl halides is 3. The van der Waals surface area contributed by atoms with E-state index in [1.54, 1.807) is 12.1 Å². The van der Waals surface area contributed by atoms with E-state index in [1.807, 2.05) is 4.72 Å². The molecule has 244 valence electrons. The van der Waals surface area contributed by atoms with Crippen molar-refractivity contribution < 1.29 is 31.1 Å². The number of aryl methyl sites for hydroxylation is 1. The topological polar surface area (TPSA) is 115 Å². The largest absolute Gasteiger partial charge is 0.477 e. The number of hydrogen-bond acceptors (Lipinski definition) is 7. The highest BCUT2D eigenvalue weighted by molar-refractivity contribution is 7.90. The summed E-state index contributed by atoms with van der Waals surface area (Å²) in [7, 11) is -4.17. The molecule has 1 saturated heterocycles. The minimum absolute atomic E-state index is 0.0496. The molecule has 14 heteroatoms. The van der Waals surface area contributed by atoms with Crippen LogP contribution < -0.4 is 14.8 Å². The second kappa shape index (κ2) is 12.9. The van der Waals surface area contributed by atoms with Crippen molar-refractivity contribution in [1.82, 2.24) is 24.8 Å². The van der Waals surface area contributed by atoms with Gasteiger partial charge in [0.2, 0.25) is 5.88 Å². The van der Waals surface area contributed by atoms with Crippen LogP contribution in [0.25, 0.3) is 5.82 Å². The molecule has 2 aromatic heterocycles. The molecular weight excluding hydrogens is 631 g/mol. The lowest BCUT2D eigenvalue weighted by Crippen LogP contribution is -2.31. The summed E-state index contributed by atoms with van der Waals surface area (Å²) in [6, 6.07) is 10.6. The van der Waals surface area contributed by atoms with Crippen molar-refractivity contribution >= 4 is 27.5 Å². The molecule has 45 heavy (non-hydrogen) atoms. The van der Waals surface area contributed by atoms with Gasteiger partial charge in [0, 0.05) is 17.8 Å². The quantitative estimate of drug-likeness (QED) is 0.164. The number of amides is 1. The first kappa shape index (κ1) is 33.2. The number of carbonyl (C=O) groups is 1. The summed E-state index contributed by atoms with van der Waals surface area (Å²) in [5.41, 5.74) is -0.593. The van der Waals surface area contributed by atoms with Crippen molar-refractivity contribution in [1.29, 1.82) is 0 Å². The molecule has 2 N–H and O–H groups in total. The third-order valence-corrected chi connectivity index (χ3v) is 10.3. The molecule has 2 fully saturated rings. The SMILES string of the molecule is CC1(C)CC(CCCCc2ccc(S(=O)(=O)NC(=O)c3ccc(-n4ccc(OCCC5(C(F)(F)F)CC5)n4)nc3Cl)cc2)CN1. The molecule has 0 bridgehead atoms. The van der Waals surface area contributed by atoms with E-state index >= 15 is 0 Å². The minimum Gasteiger partial charge on any atom is -0.477 e. The number of benzene rings is 1. The fourth-order valence-electron chi connectivity index (χ4n) is 5.73. The molecule has 2 aliphatic rings. The maximum absolute atomic E-state index is 13.1. The number of nitrogens with one attached hydrogen (secondary N) is 2. The third-order valence-electron chi connectivity index (χ3n) is 8.62. The van der Waals surface area contributed by atoms with Gasteiger partial charge in [0.1, 0.15) is 5.15 Å². The number of sulfonamides is 1. The normalized spacial score (nSPS) is 18.9. The fourth-order valence-corrected chi connectivity index (χ4v) is 6.94. The number of carbonyl (C=O) groups excluding carboxylic acids is 1. The van der Waals surface area contributed by atoms with Gasteiger partial charge in [-0.15, -0.1) is 5.10 Å². The van der Waals surface area contributed by atoms with Gasteiger partial charge in [-0.05, 0) is 101 Å². The van der Waals surface area contributed by atoms with Gasteiger partial charge < -0.3 is 10.1 Å². The molecular formula is C31H37ClF3N5O4S. The summed E-state index contributed by atoms with van der Waals surface area (Å²) in [6.45, 7) is 5.36. The molecule has 1 aromatic carbocycles. The number of rotatable bonds is 13. The molecule has 1 aliphatic heterocycles. The fraction of sp³-hybridized carbons (Fsp3) is 0.516. The maximum Gasteiger partial charge on any atom is 0.394 e. The van der Waals surface area contributed by atoms with Gasteiger partial charge in [-0.2, -0.15) is 13.2 Å². The first-order valence-electron chi connectivity index (χ1n) is 15.0. The number of hydrogen-bond donors (Lipinski definition) is 2. The molecule has 1 unspecified atom stereocenters. The zero-order chi connectivity index (χ0) is 32.5. The van der Waals surface area contributed by atoms with Crippen LogP contribution >= 0.6 is 11.6 Å². The predicted octanol–water partition coefficient (Wildman–Crippen LogP) is 6.25. The highest BCUT2D eigenvalue weighted by Crippen LogP contribution is 2.59. The van der Waals surface area contributed by atoms with Gasteiger partial charge in [0.15, 0.2) is 5.82 Å². The highest BCUT2D eigenvalue weighted by Gasteiger charge is 2.62. The zero-order valence-corrected chi connectivity index (χ0v) is 26.7. The number of aromatic nitrogens is 3. The van der Waals surface area contributed by atoms with E-state index < -0.39 is 27.5 Å². The van der Waals surface area contributed by atoms with Crippen molar-refractivity contribution in [2.24, 2.45) is 11.3 Å². The maximum atomic E-state index is 13.1. The lowest BCUT2D eigenvalue weighted by molar-refractivity contribution is -0.190. The Hall–Kier alpha value is -3.16. The standard InChI is InChI=1S/C31H37ClF3N5O4S/c1-29(2)19-22(20-36-29)6-4-3-5-21-7-9-23(10-8-21)45(42,43)39-28(41)24-11-12-25(37-27(24)32)40-17-13-26(38-40)44-18-16-30(14-15-30)31(33,34)35/h7-13,17,22,36H,3-6,14-16,18-20H2,1-2H3,(H,39,41). The summed E-state index contributed by atoms with van der Waals surface area (Å²) in [6.07, 6.45) is 2.57. The van der Waals surface area contributed by atoms with Crippen molar-refractivity contribution in [3.8, 4) is 11.7 Å². The van der Waals surface area contributed by atoms with Gasteiger partial charge >= 0.3 is 6.18 Å². The Morgan fingerprint density at radius 1 is 1.13 bits per heavy atom. The molecule has 3 aromatic rings. The molecule has 3 heterocycles. The summed E-state index contributed by atoms with van der Waals surface area (Å²) >= 11 is 6.23. The van der Waals surface area contributed by atoms with E-state index in [0.29, 0.717) is 5.92 Å². The Balaban J connectivity index is 1.11. The second-order valence-electron chi connectivity index (χ2n) is 12.6. The lowest BCUT2D eigenvalue weighted by atomic mass is 9.92. The average Bonchev–Trinajstić information content (AvgIpc) is 3.49. The van der Waals surface area contributed by atoms with E-state index in [4.69, 9.17) is 16.3 Å². The second-order valence-corrected chi connectivity index (χ2v) is 14.7. The van der Waals surface area contributed by atoms with Crippen molar-refractivity contribution in [2.75, 3.05) is 13.2 Å². The Kier molecular flexibility index (Phi) is 9.53. The van der Waals surface area contributed by atoms with Gasteiger partial charge in [-0.25, -0.2) is 22.8 Å². The molecule has 1 atom stereocenters. The zero-order valence-electron chi connectivity index (χ0n) is 25.2. The summed E-state index contributed by atoms with van der Waals surface area (Å²) in [4.78, 5) is 16.9. The van der Waals surface area contributed by atoms with Crippen molar-refractivity contribution in [2.45, 2.75) is 81.8 Å². The number of unbranched alkanes of at least 4 members (excludes halogenated alkanes) is 1. The molecule has 1 aliphatic carbocycles. The molecule has 9 nitrogen and oxygen atoms in total. The van der Waals surface area contributed by atoms with Crippen molar-refractivity contribution in [3.05, 3.63) is 64.9 Å². The van der Waals surface area contributed by atoms with Gasteiger partial charge in [-0.1, -0.05) is 30.2 Å². The smallest absolute Gasteiger partial charge is 0.394 e. The van der Waals surface area contributed by atoms with E-state index in [-0.39, 0.29) is 58.7 Å². The number of ether oxygens (including phenoxy) is 1. The van der Waals surface area contributed by atoms with Crippen LogP contribution in [0.2, 0.25) is 5.15 Å². The van der Waals surface area contributed by atoms with Crippen LogP contribution in [0.5, 0.6) is 5.88 Å². The average molecular weight is 668 g/mol. The summed E-state index contributed by atoms with van der Waals surface area (Å²) in [5, 5.41) is 7.43. The van der Waals surface area contributed by atoms with Crippen LogP contribution in [-0.4, -0.2) is 54.0 Å². The van der Waals surface area contributed by atoms with Crippen LogP contribution in [0.15, 0.2) is 53.6 Å². The van der Waals surface area contributed by atoms with Crippen LogP contribution in [-0.2, 0) is 16.4 Å². The van der Waals surface area contributed by atoms with E-state index in [0.717, 1.165) is 31.4 Å². The Bertz CT molecular complexity index is 1620. The Morgan fingerprint density at radius 2 is 1.87 bits per heavy atom. The van der Waals surface area contributed by atoms with Gasteiger partial charge in [0.25, 0.3) is 15.9 Å². The lowest BCUT2D eigenvalue weighted by Gasteiger charge is -2.18. The summed E-state index contributed by atoms with van der Waals surface area (Å²) in [5.74, 6) is 0.0464. The first-order valence-corrected chi connectivity index (χ1v) is 16.9. The minimum atomic E-state index is -4.25. The Labute approximate surface area is 266 Å². The molecule has 1 amide bonds. The molecule has 0 radical (unpaired) electrons. The van der Waals surface area contributed by atoms with Crippen LogP contribution in [0.1, 0.15) is 74.7 Å². The Morgan fingerprint density at radius 3 is 2.49 bits per heavy atom. The highest BCUT2D eigenvalue weighted by atomic mass is 35.5. The monoisotopic (exact) mass is 667 g/mol. The van der Waals surface area contributed by atoms with Crippen molar-refractivity contribution in [3.63, 3.8) is 0 Å². The van der Waals surface area contributed by atoms with Gasteiger partial charge in [0.05, 0.1) is 22.5 Å². The number of pyridine rings is 1. The first-order chi connectivity index (χ1) is 21.2. The van der Waals surface area contributed by atoms with Crippen LogP contribution in [0.4, 0.5) is 13.2 Å². The van der Waals surface area contributed by atoms with Crippen LogP contribution in [0.3, 0.4) is 0 Å². The van der Waals surface area contributed by atoms with E-state index in [1.165, 1.54) is 54.1 Å². The van der Waals surface area contributed by atoms with Crippen LogP contribution in [0, 0.1) is 11.3 Å². The predicted molar refractivity (Wildman–Crippen MR) is 163 cm³/mol. The third kappa shape index (κ3) is 8.17. The number of halogens is 4. The van der Waals surface area contributed by atoms with E-state index in [2.05, 4.69) is 29.2 Å².